The summed E-state index contributed by atoms with van der Waals surface area (Å²) in [5, 5.41) is 11.0. The molecule has 0 saturated carbocycles. The minimum atomic E-state index is -0.794. The van der Waals surface area contributed by atoms with Gasteiger partial charge < -0.3 is 20.9 Å². The number of carbonyl (C=O) groups is 2. The molecule has 2 amide bonds. The molecule has 6 nitrogen and oxygen atoms in total. The van der Waals surface area contributed by atoms with Gasteiger partial charge in [0.25, 0.3) is 0 Å². The summed E-state index contributed by atoms with van der Waals surface area (Å²) < 4.78 is 4.80. The van der Waals surface area contributed by atoms with Crippen LogP contribution in [0.2, 0.25) is 0 Å². The van der Waals surface area contributed by atoms with Crippen LogP contribution in [0.15, 0.2) is 24.3 Å². The second kappa shape index (κ2) is 4.85. The molecule has 1 rings (SSSR count). The second-order valence-corrected chi connectivity index (χ2v) is 2.69. The average molecular weight is 210 g/mol. The predicted octanol–water partition coefficient (Wildman–Crippen LogP) is -0.0341. The van der Waals surface area contributed by atoms with Crippen LogP contribution in [0, 0.1) is 0 Å². The molecular weight excluding hydrogens is 200 g/mol. The smallest absolute Gasteiger partial charge is 0.330 e. The maximum Gasteiger partial charge on any atom is 0.330 e. The van der Waals surface area contributed by atoms with E-state index in [1.165, 1.54) is 24.3 Å². The number of rotatable bonds is 3. The fraction of sp³-hybridized carbons (Fsp3) is 0.111. The molecule has 80 valence electrons. The first-order valence-corrected chi connectivity index (χ1v) is 4.11. The number of benzene rings is 1. The van der Waals surface area contributed by atoms with E-state index in [2.05, 4.69) is 5.32 Å². The zero-order valence-corrected chi connectivity index (χ0v) is 7.77. The maximum absolute atomic E-state index is 11.0. The van der Waals surface area contributed by atoms with Crippen LogP contribution >= 0.6 is 0 Å². The lowest BCUT2D eigenvalue weighted by Gasteiger charge is -2.04. The monoisotopic (exact) mass is 210 g/mol. The van der Waals surface area contributed by atoms with Crippen molar-refractivity contribution >= 4 is 12.0 Å². The van der Waals surface area contributed by atoms with Crippen LogP contribution in [0.4, 0.5) is 4.79 Å². The van der Waals surface area contributed by atoms with Gasteiger partial charge in [0.1, 0.15) is 18.0 Å². The number of urea groups is 1. The molecule has 0 bridgehead atoms. The number of amides is 2. The van der Waals surface area contributed by atoms with Crippen LogP contribution in [-0.2, 0) is 4.79 Å². The lowest BCUT2D eigenvalue weighted by atomic mass is 10.3. The summed E-state index contributed by atoms with van der Waals surface area (Å²) >= 11 is 0. The molecule has 15 heavy (non-hydrogen) atoms. The first-order chi connectivity index (χ1) is 7.08. The molecule has 0 spiro atoms. The largest absolute Gasteiger partial charge is 0.508 e. The Balaban J connectivity index is 2.44. The van der Waals surface area contributed by atoms with Crippen molar-refractivity contribution in [2.24, 2.45) is 5.73 Å². The first-order valence-electron chi connectivity index (χ1n) is 4.11. The van der Waals surface area contributed by atoms with Gasteiger partial charge in [0, 0.05) is 0 Å². The fourth-order valence-corrected chi connectivity index (χ4v) is 0.841. The van der Waals surface area contributed by atoms with Crippen LogP contribution in [-0.4, -0.2) is 23.7 Å². The van der Waals surface area contributed by atoms with E-state index >= 15 is 0 Å². The van der Waals surface area contributed by atoms with Crippen molar-refractivity contribution in [3.63, 3.8) is 0 Å². The van der Waals surface area contributed by atoms with Gasteiger partial charge in [-0.15, -0.1) is 0 Å². The number of esters is 1. The van der Waals surface area contributed by atoms with Crippen molar-refractivity contribution in [2.45, 2.75) is 0 Å². The molecule has 0 unspecified atom stereocenters. The summed E-state index contributed by atoms with van der Waals surface area (Å²) in [5.74, 6) is -0.284. The van der Waals surface area contributed by atoms with Crippen molar-refractivity contribution in [3.05, 3.63) is 24.3 Å². The summed E-state index contributed by atoms with van der Waals surface area (Å²) in [5.41, 5.74) is 4.76. The van der Waals surface area contributed by atoms with E-state index in [0.717, 1.165) is 0 Å². The second-order valence-electron chi connectivity index (χ2n) is 2.69. The molecular formula is C9H10N2O4. The van der Waals surface area contributed by atoms with E-state index in [9.17, 15) is 9.59 Å². The van der Waals surface area contributed by atoms with Crippen LogP contribution in [0.25, 0.3) is 0 Å². The van der Waals surface area contributed by atoms with Gasteiger partial charge in [0.05, 0.1) is 0 Å². The van der Waals surface area contributed by atoms with Gasteiger partial charge in [0.2, 0.25) is 0 Å². The Bertz CT molecular complexity index is 361. The molecule has 1 aromatic rings. The minimum Gasteiger partial charge on any atom is -0.508 e. The highest BCUT2D eigenvalue weighted by molar-refractivity contribution is 5.80. The molecule has 0 atom stereocenters. The standard InChI is InChI=1S/C9H10N2O4/c10-9(14)11-5-8(13)15-7-3-1-6(12)2-4-7/h1-4,12H,5H2,(H3,10,11,14). The van der Waals surface area contributed by atoms with Crippen molar-refractivity contribution in [3.8, 4) is 11.5 Å². The molecule has 0 aliphatic rings. The summed E-state index contributed by atoms with van der Waals surface area (Å²) in [6, 6.07) is 4.82. The quantitative estimate of drug-likeness (QED) is 0.481. The number of hydrogen-bond donors (Lipinski definition) is 3. The summed E-state index contributed by atoms with van der Waals surface area (Å²) in [7, 11) is 0. The highest BCUT2D eigenvalue weighted by Gasteiger charge is 2.05. The molecule has 1 aromatic carbocycles. The van der Waals surface area contributed by atoms with Crippen LogP contribution in [0.1, 0.15) is 0 Å². The maximum atomic E-state index is 11.0. The SMILES string of the molecule is NC(=O)NCC(=O)Oc1ccc(O)cc1. The van der Waals surface area contributed by atoms with E-state index in [-0.39, 0.29) is 18.0 Å². The van der Waals surface area contributed by atoms with Gasteiger partial charge in [-0.05, 0) is 24.3 Å². The molecule has 0 radical (unpaired) electrons. The molecule has 6 heteroatoms. The van der Waals surface area contributed by atoms with E-state index in [4.69, 9.17) is 15.6 Å². The van der Waals surface area contributed by atoms with Gasteiger partial charge in [0.15, 0.2) is 0 Å². The lowest BCUT2D eigenvalue weighted by molar-refractivity contribution is -0.133. The number of carbonyl (C=O) groups excluding carboxylic acids is 2. The van der Waals surface area contributed by atoms with Gasteiger partial charge in [-0.3, -0.25) is 0 Å². The van der Waals surface area contributed by atoms with Gasteiger partial charge in [-0.1, -0.05) is 0 Å². The summed E-state index contributed by atoms with van der Waals surface area (Å²) in [6.07, 6.45) is 0. The van der Waals surface area contributed by atoms with E-state index < -0.39 is 12.0 Å². The fourth-order valence-electron chi connectivity index (χ4n) is 0.841. The number of phenolic OH excluding ortho intramolecular Hbond substituents is 1. The number of primary amides is 1. The van der Waals surface area contributed by atoms with Crippen molar-refractivity contribution < 1.29 is 19.4 Å². The lowest BCUT2D eigenvalue weighted by Crippen LogP contribution is -2.35. The Kier molecular flexibility index (Phi) is 3.50. The summed E-state index contributed by atoms with van der Waals surface area (Å²) in [6.45, 7) is -0.295. The van der Waals surface area contributed by atoms with Crippen LogP contribution in [0.3, 0.4) is 0 Å². The normalized spacial score (nSPS) is 9.33. The van der Waals surface area contributed by atoms with E-state index in [1.54, 1.807) is 0 Å². The van der Waals surface area contributed by atoms with E-state index in [1.807, 2.05) is 0 Å². The Morgan fingerprint density at radius 2 is 1.93 bits per heavy atom. The predicted molar refractivity (Wildman–Crippen MR) is 51.3 cm³/mol. The van der Waals surface area contributed by atoms with E-state index in [0.29, 0.717) is 0 Å². The number of aromatic hydroxyl groups is 1. The third-order valence-corrected chi connectivity index (χ3v) is 1.48. The molecule has 4 N–H and O–H groups in total. The number of hydrogen-bond acceptors (Lipinski definition) is 4. The Morgan fingerprint density at radius 1 is 1.33 bits per heavy atom. The molecule has 0 saturated heterocycles. The minimum absolute atomic E-state index is 0.0741. The average Bonchev–Trinajstić information content (AvgIpc) is 2.19. The van der Waals surface area contributed by atoms with Crippen LogP contribution < -0.4 is 15.8 Å². The van der Waals surface area contributed by atoms with Gasteiger partial charge in [-0.2, -0.15) is 0 Å². The number of ether oxygens (including phenoxy) is 1. The highest BCUT2D eigenvalue weighted by atomic mass is 16.5. The topological polar surface area (TPSA) is 102 Å². The number of phenols is 1. The molecule has 0 fully saturated rings. The molecule has 0 aromatic heterocycles. The Labute approximate surface area is 85.6 Å². The van der Waals surface area contributed by atoms with Crippen molar-refractivity contribution in [1.29, 1.82) is 0 Å². The zero-order chi connectivity index (χ0) is 11.3. The number of nitrogens with two attached hydrogens (primary N) is 1. The van der Waals surface area contributed by atoms with Gasteiger partial charge >= 0.3 is 12.0 Å². The zero-order valence-electron chi connectivity index (χ0n) is 7.77. The van der Waals surface area contributed by atoms with Crippen LogP contribution in [0.5, 0.6) is 11.5 Å². The third kappa shape index (κ3) is 3.99. The summed E-state index contributed by atoms with van der Waals surface area (Å²) in [4.78, 5) is 21.3. The van der Waals surface area contributed by atoms with Crippen molar-refractivity contribution in [1.82, 2.24) is 5.32 Å². The molecule has 0 heterocycles. The molecule has 0 aliphatic carbocycles. The number of nitrogens with one attached hydrogen (secondary N) is 1. The van der Waals surface area contributed by atoms with Gasteiger partial charge in [-0.25, -0.2) is 9.59 Å². The Morgan fingerprint density at radius 3 is 2.47 bits per heavy atom. The first kappa shape index (κ1) is 10.8. The highest BCUT2D eigenvalue weighted by Crippen LogP contribution is 2.15. The Hall–Kier alpha value is -2.24. The third-order valence-electron chi connectivity index (χ3n) is 1.48. The van der Waals surface area contributed by atoms with Crippen molar-refractivity contribution in [2.75, 3.05) is 6.54 Å². The molecule has 0 aliphatic heterocycles.